The van der Waals surface area contributed by atoms with Crippen LogP contribution in [-0.4, -0.2) is 65.4 Å². The number of carbonyl (C=O) groups is 3. The monoisotopic (exact) mass is 468 g/mol. The number of rotatable bonds is 7. The molecular formula is C25H32N4O3S. The van der Waals surface area contributed by atoms with E-state index in [2.05, 4.69) is 10.2 Å². The third kappa shape index (κ3) is 4.90. The maximum absolute atomic E-state index is 13.7. The molecule has 0 bridgehead atoms. The largest absolute Gasteiger partial charge is 0.352 e. The van der Waals surface area contributed by atoms with E-state index in [0.717, 1.165) is 17.0 Å². The third-order valence-electron chi connectivity index (χ3n) is 6.79. The van der Waals surface area contributed by atoms with Crippen molar-refractivity contribution in [1.29, 1.82) is 0 Å². The van der Waals surface area contributed by atoms with Crippen LogP contribution in [0.15, 0.2) is 47.8 Å². The third-order valence-corrected chi connectivity index (χ3v) is 7.66. The number of benzene rings is 1. The van der Waals surface area contributed by atoms with E-state index in [0.29, 0.717) is 39.0 Å². The van der Waals surface area contributed by atoms with Crippen LogP contribution in [0, 0.1) is 0 Å². The van der Waals surface area contributed by atoms with Crippen LogP contribution in [0.25, 0.3) is 0 Å². The fourth-order valence-electron chi connectivity index (χ4n) is 4.72. The fraction of sp³-hybridized carbons (Fsp3) is 0.480. The van der Waals surface area contributed by atoms with Gasteiger partial charge in [-0.05, 0) is 49.8 Å². The molecule has 2 fully saturated rings. The van der Waals surface area contributed by atoms with Gasteiger partial charge >= 0.3 is 0 Å². The Hall–Kier alpha value is -2.87. The molecule has 7 nitrogen and oxygen atoms in total. The van der Waals surface area contributed by atoms with Gasteiger partial charge in [0.15, 0.2) is 0 Å². The van der Waals surface area contributed by atoms with Gasteiger partial charge in [-0.15, -0.1) is 11.3 Å². The van der Waals surface area contributed by atoms with E-state index in [1.165, 1.54) is 0 Å². The van der Waals surface area contributed by atoms with Gasteiger partial charge in [0, 0.05) is 29.7 Å². The Kier molecular flexibility index (Phi) is 7.02. The van der Waals surface area contributed by atoms with Gasteiger partial charge in [-0.3, -0.25) is 14.4 Å². The molecule has 176 valence electrons. The van der Waals surface area contributed by atoms with E-state index in [4.69, 9.17) is 0 Å². The van der Waals surface area contributed by atoms with Crippen molar-refractivity contribution in [2.75, 3.05) is 31.2 Å². The van der Waals surface area contributed by atoms with Crippen molar-refractivity contribution < 1.29 is 14.4 Å². The SMILES string of the molecule is CCC(C)NC(=O)CN1CN(c2ccccc2)C2(CCN(C(=O)Cc3cccs3)CC2)C1=O. The van der Waals surface area contributed by atoms with Gasteiger partial charge in [-0.2, -0.15) is 0 Å². The molecule has 2 aliphatic heterocycles. The van der Waals surface area contributed by atoms with Crippen LogP contribution in [0.1, 0.15) is 38.0 Å². The minimum absolute atomic E-state index is 0.0176. The molecule has 4 rings (SSSR count). The Morgan fingerprint density at radius 1 is 1.12 bits per heavy atom. The number of piperidine rings is 1. The molecule has 1 N–H and O–H groups in total. The number of hydrogen-bond acceptors (Lipinski definition) is 5. The molecule has 1 atom stereocenters. The van der Waals surface area contributed by atoms with E-state index < -0.39 is 5.54 Å². The quantitative estimate of drug-likeness (QED) is 0.678. The maximum Gasteiger partial charge on any atom is 0.250 e. The van der Waals surface area contributed by atoms with E-state index in [-0.39, 0.29) is 30.3 Å². The predicted molar refractivity (Wildman–Crippen MR) is 130 cm³/mol. The number of nitrogens with zero attached hydrogens (tertiary/aromatic N) is 3. The van der Waals surface area contributed by atoms with Gasteiger partial charge in [0.05, 0.1) is 13.1 Å². The Morgan fingerprint density at radius 3 is 2.48 bits per heavy atom. The molecule has 2 aromatic rings. The smallest absolute Gasteiger partial charge is 0.250 e. The van der Waals surface area contributed by atoms with Crippen LogP contribution in [0.2, 0.25) is 0 Å². The Balaban J connectivity index is 1.50. The molecule has 3 amide bonds. The number of likely N-dealkylation sites (tertiary alicyclic amines) is 1. The number of amides is 3. The second kappa shape index (κ2) is 9.95. The first-order chi connectivity index (χ1) is 15.9. The summed E-state index contributed by atoms with van der Waals surface area (Å²) in [4.78, 5) is 45.8. The van der Waals surface area contributed by atoms with Crippen molar-refractivity contribution in [3.63, 3.8) is 0 Å². The van der Waals surface area contributed by atoms with Crippen molar-refractivity contribution in [1.82, 2.24) is 15.1 Å². The molecule has 33 heavy (non-hydrogen) atoms. The average Bonchev–Trinajstić information content (AvgIpc) is 3.42. The molecule has 2 aliphatic rings. The molecule has 0 saturated carbocycles. The Morgan fingerprint density at radius 2 is 1.85 bits per heavy atom. The van der Waals surface area contributed by atoms with Crippen LogP contribution in [0.3, 0.4) is 0 Å². The number of nitrogens with one attached hydrogen (secondary N) is 1. The van der Waals surface area contributed by atoms with E-state index >= 15 is 0 Å². The lowest BCUT2D eigenvalue weighted by Gasteiger charge is -2.43. The van der Waals surface area contributed by atoms with Gasteiger partial charge in [-0.1, -0.05) is 31.2 Å². The van der Waals surface area contributed by atoms with Gasteiger partial charge in [-0.25, -0.2) is 0 Å². The topological polar surface area (TPSA) is 73.0 Å². The van der Waals surface area contributed by atoms with E-state index in [1.807, 2.05) is 66.6 Å². The van der Waals surface area contributed by atoms with Gasteiger partial charge < -0.3 is 20.0 Å². The summed E-state index contributed by atoms with van der Waals surface area (Å²) in [5.41, 5.74) is 0.242. The highest BCUT2D eigenvalue weighted by Gasteiger charge is 2.54. The van der Waals surface area contributed by atoms with Crippen LogP contribution in [0.5, 0.6) is 0 Å². The molecule has 1 aromatic heterocycles. The van der Waals surface area contributed by atoms with Gasteiger partial charge in [0.1, 0.15) is 12.1 Å². The first kappa shape index (κ1) is 23.3. The maximum atomic E-state index is 13.7. The summed E-state index contributed by atoms with van der Waals surface area (Å²) < 4.78 is 0. The zero-order chi connectivity index (χ0) is 23.4. The summed E-state index contributed by atoms with van der Waals surface area (Å²) in [5.74, 6) is -0.0453. The van der Waals surface area contributed by atoms with Crippen molar-refractivity contribution in [3.05, 3.63) is 52.7 Å². The number of thiophene rings is 1. The first-order valence-electron chi connectivity index (χ1n) is 11.6. The zero-order valence-corrected chi connectivity index (χ0v) is 20.1. The summed E-state index contributed by atoms with van der Waals surface area (Å²) in [6.45, 7) is 5.48. The van der Waals surface area contributed by atoms with Crippen LogP contribution >= 0.6 is 11.3 Å². The van der Waals surface area contributed by atoms with E-state index in [9.17, 15) is 14.4 Å². The second-order valence-corrected chi connectivity index (χ2v) is 9.99. The molecular weight excluding hydrogens is 436 g/mol. The average molecular weight is 469 g/mol. The first-order valence-corrected chi connectivity index (χ1v) is 12.5. The summed E-state index contributed by atoms with van der Waals surface area (Å²) in [5, 5.41) is 4.94. The summed E-state index contributed by atoms with van der Waals surface area (Å²) in [6.07, 6.45) is 2.36. The normalized spacial score (nSPS) is 18.6. The molecule has 8 heteroatoms. The Labute approximate surface area is 199 Å². The summed E-state index contributed by atoms with van der Waals surface area (Å²) >= 11 is 1.59. The number of anilines is 1. The van der Waals surface area contributed by atoms with Gasteiger partial charge in [0.2, 0.25) is 11.8 Å². The molecule has 1 aromatic carbocycles. The number of carbonyl (C=O) groups excluding carboxylic acids is 3. The lowest BCUT2D eigenvalue weighted by atomic mass is 9.85. The summed E-state index contributed by atoms with van der Waals surface area (Å²) in [7, 11) is 0. The fourth-order valence-corrected chi connectivity index (χ4v) is 5.41. The highest BCUT2D eigenvalue weighted by Crippen LogP contribution is 2.39. The number of hydrogen-bond donors (Lipinski definition) is 1. The van der Waals surface area contributed by atoms with Crippen LogP contribution in [-0.2, 0) is 20.8 Å². The minimum Gasteiger partial charge on any atom is -0.352 e. The Bertz CT molecular complexity index is 971. The molecule has 0 aliphatic carbocycles. The van der Waals surface area contributed by atoms with Crippen molar-refractivity contribution in [2.45, 2.75) is 51.1 Å². The zero-order valence-electron chi connectivity index (χ0n) is 19.3. The lowest BCUT2D eigenvalue weighted by molar-refractivity contribution is -0.139. The van der Waals surface area contributed by atoms with Crippen molar-refractivity contribution >= 4 is 34.7 Å². The van der Waals surface area contributed by atoms with Crippen LogP contribution in [0.4, 0.5) is 5.69 Å². The molecule has 2 saturated heterocycles. The number of para-hydroxylation sites is 1. The molecule has 1 unspecified atom stereocenters. The highest BCUT2D eigenvalue weighted by atomic mass is 32.1. The second-order valence-electron chi connectivity index (χ2n) is 8.95. The van der Waals surface area contributed by atoms with Gasteiger partial charge in [0.25, 0.3) is 5.91 Å². The van der Waals surface area contributed by atoms with Crippen LogP contribution < -0.4 is 10.2 Å². The standard InChI is InChI=1S/C25H32N4O3S/c1-3-19(2)26-22(30)17-28-18-29(20-8-5-4-6-9-20)25(24(28)32)11-13-27(14-12-25)23(31)16-21-10-7-15-33-21/h4-10,15,19H,3,11-14,16-18H2,1-2H3,(H,26,30). The minimum atomic E-state index is -0.724. The molecule has 0 radical (unpaired) electrons. The highest BCUT2D eigenvalue weighted by molar-refractivity contribution is 7.10. The van der Waals surface area contributed by atoms with E-state index in [1.54, 1.807) is 16.2 Å². The van der Waals surface area contributed by atoms with Crippen molar-refractivity contribution in [3.8, 4) is 0 Å². The predicted octanol–water partition coefficient (Wildman–Crippen LogP) is 2.87. The van der Waals surface area contributed by atoms with Crippen molar-refractivity contribution in [2.24, 2.45) is 0 Å². The molecule has 3 heterocycles. The molecule has 1 spiro atoms. The summed E-state index contributed by atoms with van der Waals surface area (Å²) in [6, 6.07) is 13.9. The lowest BCUT2D eigenvalue weighted by Crippen LogP contribution is -2.57.